The average molecular weight is 439 g/mol. The molecule has 1 amide bonds. The molecule has 2 aromatic carbocycles. The Hall–Kier alpha value is -3.55. The van der Waals surface area contributed by atoms with Crippen molar-refractivity contribution in [2.45, 2.75) is 13.3 Å². The third-order valence-electron chi connectivity index (χ3n) is 5.44. The number of amides is 1. The lowest BCUT2D eigenvalue weighted by molar-refractivity contribution is 0.0736. The molecule has 2 heterocycles. The van der Waals surface area contributed by atoms with E-state index in [-0.39, 0.29) is 17.4 Å². The zero-order valence-electron chi connectivity index (χ0n) is 18.3. The normalized spacial score (nSPS) is 13.8. The lowest BCUT2D eigenvalue weighted by Gasteiger charge is -2.36. The van der Waals surface area contributed by atoms with Crippen molar-refractivity contribution in [1.29, 1.82) is 0 Å². The standard InChI is InChI=1S/C24H27FN4O3/c1-3-16-32-22-17-29(20-6-4-18(25)5-7-20)26-23(22)24(30)28-14-12-27(13-15-28)19-8-10-21(31-2)11-9-19/h4-11,17H,3,12-16H2,1-2H3. The highest BCUT2D eigenvalue weighted by Gasteiger charge is 2.27. The maximum atomic E-state index is 13.3. The van der Waals surface area contributed by atoms with Gasteiger partial charge in [0, 0.05) is 31.9 Å². The lowest BCUT2D eigenvalue weighted by atomic mass is 10.2. The fourth-order valence-corrected chi connectivity index (χ4v) is 3.66. The average Bonchev–Trinajstić information content (AvgIpc) is 3.27. The first-order valence-electron chi connectivity index (χ1n) is 10.8. The van der Waals surface area contributed by atoms with E-state index in [0.717, 1.165) is 30.9 Å². The van der Waals surface area contributed by atoms with Gasteiger partial charge in [0.25, 0.3) is 5.91 Å². The molecule has 7 nitrogen and oxygen atoms in total. The van der Waals surface area contributed by atoms with Gasteiger partial charge in [-0.25, -0.2) is 9.07 Å². The third-order valence-corrected chi connectivity index (χ3v) is 5.44. The number of ether oxygens (including phenoxy) is 2. The molecule has 0 saturated carbocycles. The first-order valence-corrected chi connectivity index (χ1v) is 10.8. The Kier molecular flexibility index (Phi) is 6.58. The smallest absolute Gasteiger partial charge is 0.278 e. The van der Waals surface area contributed by atoms with Crippen LogP contribution < -0.4 is 14.4 Å². The van der Waals surface area contributed by atoms with E-state index in [2.05, 4.69) is 10.00 Å². The number of carbonyl (C=O) groups excluding carboxylic acids is 1. The van der Waals surface area contributed by atoms with Crippen LogP contribution >= 0.6 is 0 Å². The summed E-state index contributed by atoms with van der Waals surface area (Å²) < 4.78 is 25.9. The van der Waals surface area contributed by atoms with Crippen LogP contribution in [0.1, 0.15) is 23.8 Å². The van der Waals surface area contributed by atoms with E-state index in [4.69, 9.17) is 9.47 Å². The highest BCUT2D eigenvalue weighted by molar-refractivity contribution is 5.95. The van der Waals surface area contributed by atoms with Crippen molar-refractivity contribution in [2.75, 3.05) is 44.8 Å². The molecular weight excluding hydrogens is 411 g/mol. The third kappa shape index (κ3) is 4.69. The number of aromatic nitrogens is 2. The van der Waals surface area contributed by atoms with Gasteiger partial charge in [-0.05, 0) is 55.0 Å². The maximum absolute atomic E-state index is 13.3. The second-order valence-electron chi connectivity index (χ2n) is 7.59. The topological polar surface area (TPSA) is 59.8 Å². The van der Waals surface area contributed by atoms with Crippen molar-refractivity contribution in [3.8, 4) is 17.2 Å². The zero-order chi connectivity index (χ0) is 22.5. The van der Waals surface area contributed by atoms with Crippen molar-refractivity contribution >= 4 is 11.6 Å². The van der Waals surface area contributed by atoms with Gasteiger partial charge in [-0.1, -0.05) is 6.92 Å². The highest BCUT2D eigenvalue weighted by Crippen LogP contribution is 2.24. The summed E-state index contributed by atoms with van der Waals surface area (Å²) in [6.07, 6.45) is 2.50. The molecule has 0 atom stereocenters. The molecule has 8 heteroatoms. The van der Waals surface area contributed by atoms with Gasteiger partial charge in [0.2, 0.25) is 0 Å². The number of benzene rings is 2. The monoisotopic (exact) mass is 438 g/mol. The second-order valence-corrected chi connectivity index (χ2v) is 7.59. The summed E-state index contributed by atoms with van der Waals surface area (Å²) in [6, 6.07) is 13.9. The Morgan fingerprint density at radius 1 is 1.00 bits per heavy atom. The van der Waals surface area contributed by atoms with E-state index in [1.54, 1.807) is 35.0 Å². The van der Waals surface area contributed by atoms with Crippen LogP contribution in [0.4, 0.5) is 10.1 Å². The van der Waals surface area contributed by atoms with Crippen molar-refractivity contribution in [2.24, 2.45) is 0 Å². The first-order chi connectivity index (χ1) is 15.6. The van der Waals surface area contributed by atoms with Crippen LogP contribution in [-0.4, -0.2) is 60.5 Å². The SMILES string of the molecule is CCCOc1cn(-c2ccc(F)cc2)nc1C(=O)N1CCN(c2ccc(OC)cc2)CC1. The summed E-state index contributed by atoms with van der Waals surface area (Å²) in [6.45, 7) is 5.11. The largest absolute Gasteiger partial charge is 0.497 e. The van der Waals surface area contributed by atoms with E-state index in [9.17, 15) is 9.18 Å². The molecule has 0 unspecified atom stereocenters. The van der Waals surface area contributed by atoms with Crippen LogP contribution in [0.3, 0.4) is 0 Å². The molecule has 1 fully saturated rings. The number of piperazine rings is 1. The van der Waals surface area contributed by atoms with Crippen molar-refractivity contribution in [3.63, 3.8) is 0 Å². The van der Waals surface area contributed by atoms with Crippen LogP contribution in [0.15, 0.2) is 54.7 Å². The van der Waals surface area contributed by atoms with Crippen LogP contribution in [0, 0.1) is 5.82 Å². The van der Waals surface area contributed by atoms with E-state index >= 15 is 0 Å². The molecule has 0 bridgehead atoms. The summed E-state index contributed by atoms with van der Waals surface area (Å²) in [5, 5.41) is 4.48. The molecule has 1 aromatic heterocycles. The summed E-state index contributed by atoms with van der Waals surface area (Å²) in [5.41, 5.74) is 2.04. The van der Waals surface area contributed by atoms with Crippen LogP contribution in [0.25, 0.3) is 5.69 Å². The first kappa shape index (κ1) is 21.7. The molecule has 0 N–H and O–H groups in total. The maximum Gasteiger partial charge on any atom is 0.278 e. The fraction of sp³-hybridized carbons (Fsp3) is 0.333. The van der Waals surface area contributed by atoms with Gasteiger partial charge in [0.15, 0.2) is 11.4 Å². The molecule has 4 rings (SSSR count). The predicted molar refractivity (Wildman–Crippen MR) is 120 cm³/mol. The molecular formula is C24H27FN4O3. The molecule has 3 aromatic rings. The molecule has 0 radical (unpaired) electrons. The van der Waals surface area contributed by atoms with Gasteiger partial charge in [-0.2, -0.15) is 5.10 Å². The second kappa shape index (κ2) is 9.72. The van der Waals surface area contributed by atoms with Crippen molar-refractivity contribution < 1.29 is 18.7 Å². The molecule has 168 valence electrons. The van der Waals surface area contributed by atoms with Crippen molar-refractivity contribution in [3.05, 3.63) is 66.2 Å². The molecule has 1 aliphatic rings. The molecule has 0 aliphatic carbocycles. The Morgan fingerprint density at radius 2 is 1.66 bits per heavy atom. The van der Waals surface area contributed by atoms with Gasteiger partial charge in [-0.15, -0.1) is 0 Å². The lowest BCUT2D eigenvalue weighted by Crippen LogP contribution is -2.49. The Balaban J connectivity index is 1.48. The zero-order valence-corrected chi connectivity index (χ0v) is 18.3. The molecule has 1 saturated heterocycles. The summed E-state index contributed by atoms with van der Waals surface area (Å²) in [7, 11) is 1.65. The van der Waals surface area contributed by atoms with E-state index in [1.165, 1.54) is 12.1 Å². The summed E-state index contributed by atoms with van der Waals surface area (Å²) >= 11 is 0. The predicted octanol–water partition coefficient (Wildman–Crippen LogP) is 3.77. The number of methoxy groups -OCH3 is 1. The molecule has 1 aliphatic heterocycles. The molecule has 32 heavy (non-hydrogen) atoms. The minimum Gasteiger partial charge on any atom is -0.497 e. The fourth-order valence-electron chi connectivity index (χ4n) is 3.66. The van der Waals surface area contributed by atoms with Gasteiger partial charge < -0.3 is 19.3 Å². The Labute approximate surface area is 187 Å². The van der Waals surface area contributed by atoms with E-state index < -0.39 is 0 Å². The number of hydrogen-bond acceptors (Lipinski definition) is 5. The van der Waals surface area contributed by atoms with E-state index in [1.807, 2.05) is 31.2 Å². The number of nitrogens with zero attached hydrogens (tertiary/aromatic N) is 4. The van der Waals surface area contributed by atoms with Crippen LogP contribution in [-0.2, 0) is 0 Å². The highest BCUT2D eigenvalue weighted by atomic mass is 19.1. The minimum atomic E-state index is -0.325. The quantitative estimate of drug-likeness (QED) is 0.562. The number of anilines is 1. The summed E-state index contributed by atoms with van der Waals surface area (Å²) in [4.78, 5) is 17.3. The van der Waals surface area contributed by atoms with Gasteiger partial charge in [0.05, 0.1) is 25.6 Å². The molecule has 0 spiro atoms. The van der Waals surface area contributed by atoms with E-state index in [0.29, 0.717) is 31.1 Å². The van der Waals surface area contributed by atoms with Crippen LogP contribution in [0.5, 0.6) is 11.5 Å². The Bertz CT molecular complexity index is 1040. The number of rotatable bonds is 7. The van der Waals surface area contributed by atoms with Crippen LogP contribution in [0.2, 0.25) is 0 Å². The van der Waals surface area contributed by atoms with Crippen molar-refractivity contribution in [1.82, 2.24) is 14.7 Å². The number of hydrogen-bond donors (Lipinski definition) is 0. The Morgan fingerprint density at radius 3 is 2.28 bits per heavy atom. The summed E-state index contributed by atoms with van der Waals surface area (Å²) in [5.74, 6) is 0.776. The van der Waals surface area contributed by atoms with Gasteiger partial charge in [-0.3, -0.25) is 4.79 Å². The minimum absolute atomic E-state index is 0.161. The van der Waals surface area contributed by atoms with Gasteiger partial charge >= 0.3 is 0 Å². The van der Waals surface area contributed by atoms with Gasteiger partial charge in [0.1, 0.15) is 11.6 Å². The number of carbonyl (C=O) groups is 1. The number of halogens is 1.